The number of nitro benzene ring substituents is 1. The minimum Gasteiger partial charge on any atom is -0.494 e. The molecule has 17 heavy (non-hydrogen) atoms. The summed E-state index contributed by atoms with van der Waals surface area (Å²) in [5.41, 5.74) is 0.0890. The Bertz CT molecular complexity index is 340. The zero-order valence-corrected chi connectivity index (χ0v) is 10.6. The molecule has 0 saturated carbocycles. The van der Waals surface area contributed by atoms with E-state index in [4.69, 9.17) is 4.74 Å². The van der Waals surface area contributed by atoms with Crippen molar-refractivity contribution < 1.29 is 9.66 Å². The van der Waals surface area contributed by atoms with E-state index in [0.29, 0.717) is 12.4 Å². The first-order chi connectivity index (χ1) is 8.24. The summed E-state index contributed by atoms with van der Waals surface area (Å²) in [7, 11) is 0. The van der Waals surface area contributed by atoms with Gasteiger partial charge in [0, 0.05) is 12.1 Å². The van der Waals surface area contributed by atoms with Crippen molar-refractivity contribution in [2.75, 3.05) is 12.4 Å². The second-order valence-corrected chi connectivity index (χ2v) is 4.18. The van der Waals surface area contributed by atoms with E-state index in [-0.39, 0.29) is 5.69 Å². The predicted octanol–water partition coefficient (Wildman–Crippen LogP) is 3.46. The molecule has 0 aliphatic carbocycles. The topological polar surface area (TPSA) is 52.4 Å². The van der Waals surface area contributed by atoms with Gasteiger partial charge in [-0.25, -0.2) is 0 Å². The van der Waals surface area contributed by atoms with Gasteiger partial charge in [0.2, 0.25) is 0 Å². The molecule has 0 atom stereocenters. The fourth-order valence-corrected chi connectivity index (χ4v) is 1.65. The highest BCUT2D eigenvalue weighted by atomic mass is 32.1. The maximum atomic E-state index is 10.4. The van der Waals surface area contributed by atoms with Gasteiger partial charge in [-0.1, -0.05) is 12.8 Å². The smallest absolute Gasteiger partial charge is 0.269 e. The molecule has 0 amide bonds. The number of nitro groups is 1. The van der Waals surface area contributed by atoms with Gasteiger partial charge in [0.15, 0.2) is 0 Å². The molecule has 0 N–H and O–H groups in total. The van der Waals surface area contributed by atoms with Gasteiger partial charge in [0.05, 0.1) is 11.5 Å². The molecule has 4 nitrogen and oxygen atoms in total. The Morgan fingerprint density at radius 2 is 1.76 bits per heavy atom. The zero-order chi connectivity index (χ0) is 12.5. The van der Waals surface area contributed by atoms with Crippen LogP contribution >= 0.6 is 12.6 Å². The molecular weight excluding hydrogens is 238 g/mol. The summed E-state index contributed by atoms with van der Waals surface area (Å²) in [6.45, 7) is 0.657. The molecule has 94 valence electrons. The average molecular weight is 255 g/mol. The van der Waals surface area contributed by atoms with Crippen molar-refractivity contribution in [2.45, 2.75) is 25.7 Å². The van der Waals surface area contributed by atoms with Crippen molar-refractivity contribution in [1.29, 1.82) is 0 Å². The van der Waals surface area contributed by atoms with Crippen molar-refractivity contribution in [3.63, 3.8) is 0 Å². The summed E-state index contributed by atoms with van der Waals surface area (Å²) in [5.74, 6) is 1.62. The van der Waals surface area contributed by atoms with Crippen LogP contribution in [0.4, 0.5) is 5.69 Å². The molecule has 0 aromatic heterocycles. The molecule has 1 rings (SSSR count). The SMILES string of the molecule is O=[N+]([O-])c1ccc(OCCCCCCS)cc1. The van der Waals surface area contributed by atoms with Crippen molar-refractivity contribution >= 4 is 18.3 Å². The Balaban J connectivity index is 2.21. The van der Waals surface area contributed by atoms with Crippen LogP contribution in [0.15, 0.2) is 24.3 Å². The Hall–Kier alpha value is -1.23. The van der Waals surface area contributed by atoms with Crippen LogP contribution in [0.3, 0.4) is 0 Å². The lowest BCUT2D eigenvalue weighted by molar-refractivity contribution is -0.384. The van der Waals surface area contributed by atoms with Gasteiger partial charge >= 0.3 is 0 Å². The maximum absolute atomic E-state index is 10.4. The third-order valence-electron chi connectivity index (χ3n) is 2.37. The number of benzene rings is 1. The Kier molecular flexibility index (Phi) is 6.47. The van der Waals surface area contributed by atoms with Gasteiger partial charge in [-0.3, -0.25) is 10.1 Å². The number of nitrogens with zero attached hydrogens (tertiary/aromatic N) is 1. The van der Waals surface area contributed by atoms with Gasteiger partial charge in [-0.05, 0) is 30.7 Å². The van der Waals surface area contributed by atoms with Crippen LogP contribution in [0, 0.1) is 10.1 Å². The summed E-state index contributed by atoms with van der Waals surface area (Å²) in [4.78, 5) is 10.0. The molecule has 0 unspecified atom stereocenters. The maximum Gasteiger partial charge on any atom is 0.269 e. The number of hydrogen-bond donors (Lipinski definition) is 1. The second kappa shape index (κ2) is 7.95. The predicted molar refractivity (Wildman–Crippen MR) is 70.9 cm³/mol. The molecule has 0 radical (unpaired) electrons. The lowest BCUT2D eigenvalue weighted by Crippen LogP contribution is -1.97. The summed E-state index contributed by atoms with van der Waals surface area (Å²) < 4.78 is 5.48. The van der Waals surface area contributed by atoms with E-state index in [2.05, 4.69) is 12.6 Å². The van der Waals surface area contributed by atoms with Crippen LogP contribution in [0.25, 0.3) is 0 Å². The lowest BCUT2D eigenvalue weighted by Gasteiger charge is -2.05. The molecule has 1 aromatic carbocycles. The van der Waals surface area contributed by atoms with E-state index < -0.39 is 4.92 Å². The van der Waals surface area contributed by atoms with E-state index in [1.54, 1.807) is 12.1 Å². The summed E-state index contributed by atoms with van der Waals surface area (Å²) in [6, 6.07) is 6.17. The Morgan fingerprint density at radius 1 is 1.12 bits per heavy atom. The van der Waals surface area contributed by atoms with Crippen LogP contribution < -0.4 is 4.74 Å². The number of unbranched alkanes of at least 4 members (excludes halogenated alkanes) is 3. The quantitative estimate of drug-likeness (QED) is 0.335. The first kappa shape index (κ1) is 13.8. The largest absolute Gasteiger partial charge is 0.494 e. The molecule has 0 bridgehead atoms. The normalized spacial score (nSPS) is 10.2. The number of non-ortho nitro benzene ring substituents is 1. The molecule has 1 aromatic rings. The van der Waals surface area contributed by atoms with Crippen LogP contribution in [0.1, 0.15) is 25.7 Å². The van der Waals surface area contributed by atoms with Crippen molar-refractivity contribution in [1.82, 2.24) is 0 Å². The number of thiol groups is 1. The minimum atomic E-state index is -0.415. The average Bonchev–Trinajstić information content (AvgIpc) is 2.34. The molecule has 0 fully saturated rings. The highest BCUT2D eigenvalue weighted by Gasteiger charge is 2.03. The fourth-order valence-electron chi connectivity index (χ4n) is 1.42. The van der Waals surface area contributed by atoms with Gasteiger partial charge in [-0.15, -0.1) is 0 Å². The molecular formula is C12H17NO3S. The third-order valence-corrected chi connectivity index (χ3v) is 2.68. The van der Waals surface area contributed by atoms with Crippen LogP contribution in [-0.4, -0.2) is 17.3 Å². The Labute approximate surface area is 107 Å². The Morgan fingerprint density at radius 3 is 2.35 bits per heavy atom. The summed E-state index contributed by atoms with van der Waals surface area (Å²) >= 11 is 4.14. The van der Waals surface area contributed by atoms with E-state index in [1.165, 1.54) is 18.6 Å². The van der Waals surface area contributed by atoms with Crippen LogP contribution in [0.2, 0.25) is 0 Å². The number of hydrogen-bond acceptors (Lipinski definition) is 4. The molecule has 0 aliphatic rings. The molecule has 0 spiro atoms. The molecule has 0 aliphatic heterocycles. The van der Waals surface area contributed by atoms with E-state index in [1.807, 2.05) is 0 Å². The number of rotatable bonds is 8. The first-order valence-electron chi connectivity index (χ1n) is 5.72. The van der Waals surface area contributed by atoms with Crippen LogP contribution in [0.5, 0.6) is 5.75 Å². The first-order valence-corrected chi connectivity index (χ1v) is 6.35. The van der Waals surface area contributed by atoms with Gasteiger partial charge < -0.3 is 4.74 Å². The zero-order valence-electron chi connectivity index (χ0n) is 9.67. The monoisotopic (exact) mass is 255 g/mol. The minimum absolute atomic E-state index is 0.0890. The van der Waals surface area contributed by atoms with E-state index >= 15 is 0 Å². The van der Waals surface area contributed by atoms with Crippen molar-refractivity contribution in [3.8, 4) is 5.75 Å². The van der Waals surface area contributed by atoms with E-state index in [0.717, 1.165) is 25.0 Å². The standard InChI is InChI=1S/C12H17NO3S/c14-13(15)11-5-7-12(8-6-11)16-9-3-1-2-4-10-17/h5-8,17H,1-4,9-10H2. The summed E-state index contributed by atoms with van der Waals surface area (Å²) in [5, 5.41) is 10.4. The van der Waals surface area contributed by atoms with Crippen molar-refractivity contribution in [3.05, 3.63) is 34.4 Å². The highest BCUT2D eigenvalue weighted by molar-refractivity contribution is 7.80. The van der Waals surface area contributed by atoms with Gasteiger partial charge in [-0.2, -0.15) is 12.6 Å². The molecule has 5 heteroatoms. The molecule has 0 saturated heterocycles. The lowest BCUT2D eigenvalue weighted by atomic mass is 10.2. The highest BCUT2D eigenvalue weighted by Crippen LogP contribution is 2.17. The second-order valence-electron chi connectivity index (χ2n) is 3.74. The van der Waals surface area contributed by atoms with Gasteiger partial charge in [0.1, 0.15) is 5.75 Å². The summed E-state index contributed by atoms with van der Waals surface area (Å²) in [6.07, 6.45) is 4.45. The molecule has 0 heterocycles. The number of ether oxygens (including phenoxy) is 1. The third kappa shape index (κ3) is 5.58. The van der Waals surface area contributed by atoms with Crippen molar-refractivity contribution in [2.24, 2.45) is 0 Å². The fraction of sp³-hybridized carbons (Fsp3) is 0.500. The van der Waals surface area contributed by atoms with E-state index in [9.17, 15) is 10.1 Å². The van der Waals surface area contributed by atoms with Crippen LogP contribution in [-0.2, 0) is 0 Å². The van der Waals surface area contributed by atoms with Gasteiger partial charge in [0.25, 0.3) is 5.69 Å².